The molecule has 4 aliphatic rings. The Morgan fingerprint density at radius 3 is 2.61 bits per heavy atom. The zero-order valence-corrected chi connectivity index (χ0v) is 11.7. The lowest BCUT2D eigenvalue weighted by Crippen LogP contribution is -2.70. The maximum Gasteiger partial charge on any atom is 0.126 e. The first-order valence-electron chi connectivity index (χ1n) is 7.29. The van der Waals surface area contributed by atoms with Gasteiger partial charge in [0.05, 0.1) is 18.3 Å². The Kier molecular flexibility index (Phi) is 2.98. The van der Waals surface area contributed by atoms with Gasteiger partial charge in [-0.15, -0.1) is 0 Å². The normalized spacial score (nSPS) is 52.3. The summed E-state index contributed by atoms with van der Waals surface area (Å²) in [7, 11) is 1.83. The Hall–Kier alpha value is -0.150. The summed E-state index contributed by atoms with van der Waals surface area (Å²) in [4.78, 5) is 0. The van der Waals surface area contributed by atoms with Crippen molar-refractivity contribution in [3.8, 4) is 0 Å². The zero-order valence-electron chi connectivity index (χ0n) is 11.7. The van der Waals surface area contributed by atoms with Crippen molar-refractivity contribution < 1.29 is 13.9 Å². The zero-order chi connectivity index (χ0) is 13.0. The van der Waals surface area contributed by atoms with Gasteiger partial charge in [-0.2, -0.15) is 0 Å². The van der Waals surface area contributed by atoms with E-state index < -0.39 is 6.17 Å². The topological polar surface area (TPSA) is 18.5 Å². The van der Waals surface area contributed by atoms with Gasteiger partial charge in [0.2, 0.25) is 0 Å². The van der Waals surface area contributed by atoms with Gasteiger partial charge in [-0.3, -0.25) is 0 Å². The number of halogens is 1. The average molecular weight is 256 g/mol. The molecule has 18 heavy (non-hydrogen) atoms. The predicted molar refractivity (Wildman–Crippen MR) is 68.2 cm³/mol. The maximum absolute atomic E-state index is 13.4. The third-order valence-electron chi connectivity index (χ3n) is 5.86. The highest BCUT2D eigenvalue weighted by Gasteiger charge is 2.70. The van der Waals surface area contributed by atoms with Crippen molar-refractivity contribution in [1.29, 1.82) is 0 Å². The molecule has 2 bridgehead atoms. The van der Waals surface area contributed by atoms with Crippen molar-refractivity contribution in [2.45, 2.75) is 63.8 Å². The highest BCUT2D eigenvalue weighted by Crippen LogP contribution is 2.72. The van der Waals surface area contributed by atoms with E-state index in [0.717, 1.165) is 12.8 Å². The lowest BCUT2D eigenvalue weighted by Gasteiger charge is -2.72. The van der Waals surface area contributed by atoms with E-state index in [4.69, 9.17) is 9.47 Å². The van der Waals surface area contributed by atoms with Crippen molar-refractivity contribution in [2.24, 2.45) is 17.3 Å². The second-order valence-corrected chi connectivity index (χ2v) is 7.10. The molecule has 0 amide bonds. The SMILES string of the molecule is COC12CC(C(C)CC3C[C@@H](C)[C@H](F)CO3)(C1)C2. The molecule has 0 spiro atoms. The lowest BCUT2D eigenvalue weighted by molar-refractivity contribution is -0.296. The molecule has 0 radical (unpaired) electrons. The molecule has 2 unspecified atom stereocenters. The van der Waals surface area contributed by atoms with Crippen molar-refractivity contribution in [3.05, 3.63) is 0 Å². The molecule has 3 saturated carbocycles. The van der Waals surface area contributed by atoms with Gasteiger partial charge in [0.15, 0.2) is 0 Å². The Morgan fingerprint density at radius 2 is 2.06 bits per heavy atom. The summed E-state index contributed by atoms with van der Waals surface area (Å²) in [5.41, 5.74) is 0.758. The molecule has 1 aliphatic heterocycles. The van der Waals surface area contributed by atoms with Gasteiger partial charge in [0.1, 0.15) is 6.17 Å². The van der Waals surface area contributed by atoms with E-state index in [9.17, 15) is 4.39 Å². The smallest absolute Gasteiger partial charge is 0.126 e. The fraction of sp³-hybridized carbons (Fsp3) is 1.00. The van der Waals surface area contributed by atoms with E-state index >= 15 is 0 Å². The number of ether oxygens (including phenoxy) is 2. The second kappa shape index (κ2) is 4.17. The van der Waals surface area contributed by atoms with E-state index in [1.165, 1.54) is 19.3 Å². The van der Waals surface area contributed by atoms with Crippen LogP contribution in [-0.4, -0.2) is 31.6 Å². The van der Waals surface area contributed by atoms with E-state index in [2.05, 4.69) is 6.92 Å². The van der Waals surface area contributed by atoms with Gasteiger partial charge in [-0.05, 0) is 49.4 Å². The fourth-order valence-electron chi connectivity index (χ4n) is 4.34. The molecule has 0 aromatic carbocycles. The van der Waals surface area contributed by atoms with Crippen molar-refractivity contribution in [2.75, 3.05) is 13.7 Å². The van der Waals surface area contributed by atoms with Crippen LogP contribution in [-0.2, 0) is 9.47 Å². The monoisotopic (exact) mass is 256 g/mol. The van der Waals surface area contributed by atoms with Crippen molar-refractivity contribution >= 4 is 0 Å². The highest BCUT2D eigenvalue weighted by molar-refractivity contribution is 5.21. The molecule has 0 aromatic rings. The first-order valence-corrected chi connectivity index (χ1v) is 7.29. The van der Waals surface area contributed by atoms with E-state index in [1.807, 2.05) is 14.0 Å². The molecule has 1 heterocycles. The molecule has 3 aliphatic carbocycles. The summed E-state index contributed by atoms with van der Waals surface area (Å²) >= 11 is 0. The quantitative estimate of drug-likeness (QED) is 0.768. The first-order chi connectivity index (χ1) is 8.49. The van der Waals surface area contributed by atoms with Crippen LogP contribution in [0.15, 0.2) is 0 Å². The molecule has 0 N–H and O–H groups in total. The third-order valence-corrected chi connectivity index (χ3v) is 5.86. The van der Waals surface area contributed by atoms with Gasteiger partial charge >= 0.3 is 0 Å². The van der Waals surface area contributed by atoms with Crippen molar-refractivity contribution in [3.63, 3.8) is 0 Å². The fourth-order valence-corrected chi connectivity index (χ4v) is 4.34. The summed E-state index contributed by atoms with van der Waals surface area (Å²) in [5.74, 6) is 0.845. The summed E-state index contributed by atoms with van der Waals surface area (Å²) in [6.07, 6.45) is 5.18. The summed E-state index contributed by atoms with van der Waals surface area (Å²) in [6, 6.07) is 0. The van der Waals surface area contributed by atoms with Crippen LogP contribution in [0.2, 0.25) is 0 Å². The van der Waals surface area contributed by atoms with Crippen LogP contribution in [0.3, 0.4) is 0 Å². The molecule has 2 nitrogen and oxygen atoms in total. The van der Waals surface area contributed by atoms with Crippen LogP contribution >= 0.6 is 0 Å². The standard InChI is InChI=1S/C15H25FO2/c1-10-4-12(18-6-13(10)16)5-11(2)14-7-15(8-14,9-14)17-3/h10-13H,4-9H2,1-3H3/t10-,11?,12?,13-,14?,15?/m1/s1. The Bertz CT molecular complexity index is 311. The Morgan fingerprint density at radius 1 is 1.39 bits per heavy atom. The molecule has 4 fully saturated rings. The van der Waals surface area contributed by atoms with Crippen LogP contribution in [0, 0.1) is 17.3 Å². The van der Waals surface area contributed by atoms with Gasteiger partial charge in [-0.1, -0.05) is 13.8 Å². The molecule has 4 rings (SSSR count). The van der Waals surface area contributed by atoms with E-state index in [1.54, 1.807) is 0 Å². The number of hydrogen-bond donors (Lipinski definition) is 0. The van der Waals surface area contributed by atoms with Crippen molar-refractivity contribution in [1.82, 2.24) is 0 Å². The minimum absolute atomic E-state index is 0.161. The highest BCUT2D eigenvalue weighted by atomic mass is 19.1. The predicted octanol–water partition coefficient (Wildman–Crippen LogP) is 3.34. The number of methoxy groups -OCH3 is 1. The molecule has 1 saturated heterocycles. The minimum atomic E-state index is -0.761. The molecule has 3 heteroatoms. The maximum atomic E-state index is 13.4. The first kappa shape index (κ1) is 12.9. The van der Waals surface area contributed by atoms with Gasteiger partial charge in [0, 0.05) is 7.11 Å². The van der Waals surface area contributed by atoms with Gasteiger partial charge in [-0.25, -0.2) is 4.39 Å². The average Bonchev–Trinajstić information content (AvgIpc) is 2.20. The largest absolute Gasteiger partial charge is 0.378 e. The van der Waals surface area contributed by atoms with Crippen LogP contribution in [0.1, 0.15) is 46.0 Å². The second-order valence-electron chi connectivity index (χ2n) is 7.10. The van der Waals surface area contributed by atoms with E-state index in [0.29, 0.717) is 17.9 Å². The van der Waals surface area contributed by atoms with Crippen LogP contribution in [0.25, 0.3) is 0 Å². The molecular weight excluding hydrogens is 231 g/mol. The van der Waals surface area contributed by atoms with Crippen LogP contribution in [0.4, 0.5) is 4.39 Å². The lowest BCUT2D eigenvalue weighted by atomic mass is 9.37. The molecule has 0 aromatic heterocycles. The van der Waals surface area contributed by atoms with Crippen LogP contribution in [0.5, 0.6) is 0 Å². The molecular formula is C15H25FO2. The number of rotatable bonds is 4. The molecule has 104 valence electrons. The van der Waals surface area contributed by atoms with Gasteiger partial charge < -0.3 is 9.47 Å². The Labute approximate surface area is 109 Å². The molecule has 4 atom stereocenters. The Balaban J connectivity index is 1.49. The summed E-state index contributed by atoms with van der Waals surface area (Å²) < 4.78 is 24.6. The number of hydrogen-bond acceptors (Lipinski definition) is 2. The third kappa shape index (κ3) is 1.82. The van der Waals surface area contributed by atoms with Crippen LogP contribution < -0.4 is 0 Å². The number of alkyl halides is 1. The minimum Gasteiger partial charge on any atom is -0.378 e. The summed E-state index contributed by atoms with van der Waals surface area (Å²) in [6.45, 7) is 4.65. The van der Waals surface area contributed by atoms with E-state index in [-0.39, 0.29) is 17.6 Å². The summed E-state index contributed by atoms with van der Waals surface area (Å²) in [5, 5.41) is 0. The van der Waals surface area contributed by atoms with Gasteiger partial charge in [0.25, 0.3) is 0 Å².